The molecule has 158 valence electrons. The molecule has 0 atom stereocenters. The van der Waals surface area contributed by atoms with Gasteiger partial charge in [0.2, 0.25) is 0 Å². The zero-order chi connectivity index (χ0) is 22.3. The number of alkyl halides is 2. The zero-order valence-corrected chi connectivity index (χ0v) is 15.3. The van der Waals surface area contributed by atoms with Gasteiger partial charge in [0, 0.05) is 12.1 Å². The number of ether oxygens (including phenoxy) is 3. The van der Waals surface area contributed by atoms with Gasteiger partial charge in [0.05, 0.1) is 28.8 Å². The van der Waals surface area contributed by atoms with Crippen molar-refractivity contribution in [2.75, 3.05) is 19.0 Å². The van der Waals surface area contributed by atoms with Gasteiger partial charge >= 0.3 is 18.6 Å². The summed E-state index contributed by atoms with van der Waals surface area (Å²) in [5.74, 6) is -3.22. The molecule has 10 nitrogen and oxygen atoms in total. The van der Waals surface area contributed by atoms with Crippen LogP contribution >= 0.6 is 0 Å². The first-order chi connectivity index (χ1) is 14.2. The number of para-hydroxylation sites is 2. The van der Waals surface area contributed by atoms with Crippen molar-refractivity contribution in [2.24, 2.45) is 0 Å². The fourth-order valence-electron chi connectivity index (χ4n) is 2.24. The van der Waals surface area contributed by atoms with E-state index in [0.717, 1.165) is 25.3 Å². The van der Waals surface area contributed by atoms with E-state index in [9.17, 15) is 33.3 Å². The van der Waals surface area contributed by atoms with Gasteiger partial charge in [-0.05, 0) is 18.2 Å². The number of carbonyl (C=O) groups excluding carboxylic acids is 3. The number of anilines is 1. The third kappa shape index (κ3) is 5.95. The summed E-state index contributed by atoms with van der Waals surface area (Å²) in [5.41, 5.74) is -1.27. The fraction of sp³-hybridized carbons (Fsp3) is 0.167. The van der Waals surface area contributed by atoms with E-state index >= 15 is 0 Å². The summed E-state index contributed by atoms with van der Waals surface area (Å²) in [4.78, 5) is 45.9. The highest BCUT2D eigenvalue weighted by Crippen LogP contribution is 2.25. The molecular weight excluding hydrogens is 410 g/mol. The van der Waals surface area contributed by atoms with Crippen LogP contribution in [0.15, 0.2) is 42.5 Å². The summed E-state index contributed by atoms with van der Waals surface area (Å²) < 4.78 is 38.3. The standard InChI is InChI=1S/C18H14F2N2O8/c1-28-16(24)10-6-11(8-12(7-10)22(26)27)17(25)29-9-15(23)21-13-4-2-3-5-14(13)30-18(19)20/h2-8,18H,9H2,1H3,(H,21,23). The molecule has 12 heteroatoms. The van der Waals surface area contributed by atoms with Gasteiger partial charge in [-0.2, -0.15) is 8.78 Å². The minimum Gasteiger partial charge on any atom is -0.465 e. The fourth-order valence-corrected chi connectivity index (χ4v) is 2.24. The second kappa shape index (κ2) is 9.91. The average Bonchev–Trinajstić information content (AvgIpc) is 2.72. The predicted octanol–water partition coefficient (Wildman–Crippen LogP) is 2.78. The molecule has 2 rings (SSSR count). The molecule has 0 bridgehead atoms. The van der Waals surface area contributed by atoms with Crippen molar-refractivity contribution in [1.29, 1.82) is 0 Å². The number of benzene rings is 2. The smallest absolute Gasteiger partial charge is 0.387 e. The Morgan fingerprint density at radius 3 is 2.33 bits per heavy atom. The number of amides is 1. The van der Waals surface area contributed by atoms with Crippen LogP contribution in [0.4, 0.5) is 20.2 Å². The van der Waals surface area contributed by atoms with Crippen LogP contribution in [-0.4, -0.2) is 43.1 Å². The molecule has 0 saturated heterocycles. The number of hydrogen-bond acceptors (Lipinski definition) is 8. The minimum atomic E-state index is -3.11. The molecule has 0 saturated carbocycles. The molecule has 1 N–H and O–H groups in total. The molecule has 2 aromatic carbocycles. The topological polar surface area (TPSA) is 134 Å². The van der Waals surface area contributed by atoms with Crippen molar-refractivity contribution in [3.05, 3.63) is 63.7 Å². The summed E-state index contributed by atoms with van der Waals surface area (Å²) in [5, 5.41) is 13.2. The van der Waals surface area contributed by atoms with E-state index in [1.807, 2.05) is 0 Å². The Labute approximate surface area is 167 Å². The van der Waals surface area contributed by atoms with Gasteiger partial charge in [-0.25, -0.2) is 9.59 Å². The Bertz CT molecular complexity index is 980. The van der Waals surface area contributed by atoms with Crippen LogP contribution in [0.5, 0.6) is 5.75 Å². The highest BCUT2D eigenvalue weighted by molar-refractivity contribution is 5.98. The largest absolute Gasteiger partial charge is 0.465 e. The number of hydrogen-bond donors (Lipinski definition) is 1. The Balaban J connectivity index is 2.09. The number of nitrogens with zero attached hydrogens (tertiary/aromatic N) is 1. The quantitative estimate of drug-likeness (QED) is 0.388. The number of carbonyl (C=O) groups is 3. The Hall–Kier alpha value is -4.09. The van der Waals surface area contributed by atoms with Crippen LogP contribution in [0.1, 0.15) is 20.7 Å². The SMILES string of the molecule is COC(=O)c1cc(C(=O)OCC(=O)Nc2ccccc2OC(F)F)cc([N+](=O)[O-])c1. The lowest BCUT2D eigenvalue weighted by molar-refractivity contribution is -0.384. The Kier molecular flexibility index (Phi) is 7.33. The third-order valence-corrected chi connectivity index (χ3v) is 3.50. The van der Waals surface area contributed by atoms with E-state index < -0.39 is 41.7 Å². The summed E-state index contributed by atoms with van der Waals surface area (Å²) >= 11 is 0. The highest BCUT2D eigenvalue weighted by atomic mass is 19.3. The van der Waals surface area contributed by atoms with Crippen molar-refractivity contribution < 1.29 is 42.3 Å². The molecule has 0 fully saturated rings. The van der Waals surface area contributed by atoms with E-state index in [-0.39, 0.29) is 22.6 Å². The van der Waals surface area contributed by atoms with Gasteiger partial charge in [-0.1, -0.05) is 12.1 Å². The van der Waals surface area contributed by atoms with Crippen molar-refractivity contribution in [1.82, 2.24) is 0 Å². The maximum atomic E-state index is 12.4. The van der Waals surface area contributed by atoms with Gasteiger partial charge in [-0.15, -0.1) is 0 Å². The molecule has 0 aliphatic heterocycles. The number of nitro benzene ring substituents is 1. The van der Waals surface area contributed by atoms with E-state index in [1.165, 1.54) is 24.3 Å². The van der Waals surface area contributed by atoms with Gasteiger partial charge in [0.15, 0.2) is 6.61 Å². The van der Waals surface area contributed by atoms with Crippen LogP contribution in [0.25, 0.3) is 0 Å². The van der Waals surface area contributed by atoms with E-state index in [4.69, 9.17) is 4.74 Å². The lowest BCUT2D eigenvalue weighted by atomic mass is 10.1. The molecule has 2 aromatic rings. The van der Waals surface area contributed by atoms with Crippen LogP contribution in [0.3, 0.4) is 0 Å². The van der Waals surface area contributed by atoms with Gasteiger partial charge < -0.3 is 19.5 Å². The Morgan fingerprint density at radius 2 is 1.73 bits per heavy atom. The third-order valence-electron chi connectivity index (χ3n) is 3.50. The number of halogens is 2. The predicted molar refractivity (Wildman–Crippen MR) is 96.4 cm³/mol. The molecular formula is C18H14F2N2O8. The molecule has 0 unspecified atom stereocenters. The van der Waals surface area contributed by atoms with Crippen molar-refractivity contribution in [3.8, 4) is 5.75 Å². The van der Waals surface area contributed by atoms with Gasteiger partial charge in [-0.3, -0.25) is 14.9 Å². The minimum absolute atomic E-state index is 0.0813. The van der Waals surface area contributed by atoms with Crippen LogP contribution in [0, 0.1) is 10.1 Å². The van der Waals surface area contributed by atoms with Crippen molar-refractivity contribution >= 4 is 29.2 Å². The Morgan fingerprint density at radius 1 is 1.10 bits per heavy atom. The van der Waals surface area contributed by atoms with Crippen LogP contribution in [0.2, 0.25) is 0 Å². The normalized spacial score (nSPS) is 10.3. The van der Waals surface area contributed by atoms with Crippen LogP contribution in [-0.2, 0) is 14.3 Å². The second-order valence-corrected chi connectivity index (χ2v) is 5.52. The summed E-state index contributed by atoms with van der Waals surface area (Å²) in [6.07, 6.45) is 0. The number of methoxy groups -OCH3 is 1. The average molecular weight is 424 g/mol. The summed E-state index contributed by atoms with van der Waals surface area (Å²) in [6, 6.07) is 8.14. The zero-order valence-electron chi connectivity index (χ0n) is 15.3. The monoisotopic (exact) mass is 424 g/mol. The lowest BCUT2D eigenvalue weighted by Gasteiger charge is -2.12. The molecule has 0 heterocycles. The molecule has 0 aliphatic rings. The number of rotatable bonds is 8. The molecule has 0 aromatic heterocycles. The molecule has 0 aliphatic carbocycles. The second-order valence-electron chi connectivity index (χ2n) is 5.52. The maximum Gasteiger partial charge on any atom is 0.387 e. The maximum absolute atomic E-state index is 12.4. The molecule has 30 heavy (non-hydrogen) atoms. The van der Waals surface area contributed by atoms with E-state index in [0.29, 0.717) is 0 Å². The number of nitrogens with one attached hydrogen (secondary N) is 1. The number of non-ortho nitro benzene ring substituents is 1. The number of nitro groups is 1. The van der Waals surface area contributed by atoms with E-state index in [2.05, 4.69) is 14.8 Å². The molecule has 1 amide bonds. The van der Waals surface area contributed by atoms with Crippen molar-refractivity contribution in [2.45, 2.75) is 6.61 Å². The lowest BCUT2D eigenvalue weighted by Crippen LogP contribution is -2.21. The summed E-state index contributed by atoms with van der Waals surface area (Å²) in [7, 11) is 1.05. The van der Waals surface area contributed by atoms with Crippen LogP contribution < -0.4 is 10.1 Å². The van der Waals surface area contributed by atoms with Crippen molar-refractivity contribution in [3.63, 3.8) is 0 Å². The van der Waals surface area contributed by atoms with Gasteiger partial charge in [0.25, 0.3) is 11.6 Å². The molecule has 0 radical (unpaired) electrons. The highest BCUT2D eigenvalue weighted by Gasteiger charge is 2.20. The van der Waals surface area contributed by atoms with Gasteiger partial charge in [0.1, 0.15) is 5.75 Å². The first-order valence-electron chi connectivity index (χ1n) is 8.10. The summed E-state index contributed by atoms with van der Waals surface area (Å²) in [6.45, 7) is -3.95. The number of esters is 2. The van der Waals surface area contributed by atoms with E-state index in [1.54, 1.807) is 0 Å². The first-order valence-corrected chi connectivity index (χ1v) is 8.10. The molecule has 0 spiro atoms. The first kappa shape index (κ1) is 22.2.